The number of nitrogens with zero attached hydrogens (tertiary/aromatic N) is 4. The van der Waals surface area contributed by atoms with Crippen LogP contribution < -0.4 is 11.1 Å². The predicted octanol–water partition coefficient (Wildman–Crippen LogP) is 5.16. The lowest BCUT2D eigenvalue weighted by molar-refractivity contribution is 0.821. The van der Waals surface area contributed by atoms with Crippen molar-refractivity contribution in [1.82, 2.24) is 18.9 Å². The van der Waals surface area contributed by atoms with Crippen molar-refractivity contribution in [2.45, 2.75) is 10.9 Å². The molecule has 10 heteroatoms. The first-order valence-electron chi connectivity index (χ1n) is 9.06. The van der Waals surface area contributed by atoms with Gasteiger partial charge in [-0.3, -0.25) is 18.6 Å². The molecule has 5 aromatic rings. The molecular formula is C21H12BrClN4O2S2. The van der Waals surface area contributed by atoms with Gasteiger partial charge in [0.15, 0.2) is 5.16 Å². The molecule has 0 fully saturated rings. The molecule has 4 heterocycles. The van der Waals surface area contributed by atoms with Crippen molar-refractivity contribution in [3.05, 3.63) is 96.0 Å². The largest absolute Gasteiger partial charge is 0.276 e. The van der Waals surface area contributed by atoms with Crippen molar-refractivity contribution >= 4 is 66.5 Å². The van der Waals surface area contributed by atoms with E-state index in [2.05, 4.69) is 20.9 Å². The zero-order valence-electron chi connectivity index (χ0n) is 15.7. The Hall–Kier alpha value is -2.46. The lowest BCUT2D eigenvalue weighted by atomic mass is 10.3. The van der Waals surface area contributed by atoms with Gasteiger partial charge in [-0.2, -0.15) is 0 Å². The van der Waals surface area contributed by atoms with Crippen molar-refractivity contribution in [2.24, 2.45) is 0 Å². The van der Waals surface area contributed by atoms with Crippen molar-refractivity contribution in [3.63, 3.8) is 0 Å². The van der Waals surface area contributed by atoms with Gasteiger partial charge in [-0.05, 0) is 47.8 Å². The lowest BCUT2D eigenvalue weighted by Gasteiger charge is -2.12. The van der Waals surface area contributed by atoms with Crippen molar-refractivity contribution in [3.8, 4) is 5.69 Å². The van der Waals surface area contributed by atoms with E-state index in [-0.39, 0.29) is 11.1 Å². The smallest absolute Gasteiger partial charge is 0.269 e. The maximum Gasteiger partial charge on any atom is 0.276 e. The van der Waals surface area contributed by atoms with Crippen LogP contribution in [-0.4, -0.2) is 18.9 Å². The SMILES string of the molecule is O=c1c2sccc2nc(SCc2cc(=O)n3cc(Cl)ccc3n2)n1-c1ccc(Br)cc1. The van der Waals surface area contributed by atoms with Gasteiger partial charge in [-0.25, -0.2) is 9.97 Å². The molecule has 0 amide bonds. The highest BCUT2D eigenvalue weighted by atomic mass is 79.9. The standard InChI is InChI=1S/C21H12BrClN4O2S2/c22-12-1-4-15(5-2-12)27-20(29)19-16(7-8-30-19)25-21(27)31-11-14-9-18(28)26-10-13(23)3-6-17(26)24-14/h1-10H,11H2. The van der Waals surface area contributed by atoms with E-state index < -0.39 is 0 Å². The van der Waals surface area contributed by atoms with Crippen LogP contribution in [0.3, 0.4) is 0 Å². The maximum atomic E-state index is 13.2. The normalized spacial score (nSPS) is 11.4. The molecule has 1 aromatic carbocycles. The van der Waals surface area contributed by atoms with E-state index in [9.17, 15) is 9.59 Å². The van der Waals surface area contributed by atoms with Crippen molar-refractivity contribution in [2.75, 3.05) is 0 Å². The highest BCUT2D eigenvalue weighted by molar-refractivity contribution is 9.10. The molecule has 0 atom stereocenters. The fraction of sp³-hybridized carbons (Fsp3) is 0.0476. The van der Waals surface area contributed by atoms with E-state index in [1.807, 2.05) is 35.7 Å². The minimum absolute atomic E-state index is 0.119. The Morgan fingerprint density at radius 1 is 1.06 bits per heavy atom. The van der Waals surface area contributed by atoms with E-state index in [1.54, 1.807) is 22.9 Å². The highest BCUT2D eigenvalue weighted by Gasteiger charge is 2.15. The average Bonchev–Trinajstić information content (AvgIpc) is 3.23. The first kappa shape index (κ1) is 20.4. The Labute approximate surface area is 197 Å². The molecule has 31 heavy (non-hydrogen) atoms. The van der Waals surface area contributed by atoms with Gasteiger partial charge in [0, 0.05) is 22.5 Å². The summed E-state index contributed by atoms with van der Waals surface area (Å²) < 4.78 is 4.53. The second-order valence-electron chi connectivity index (χ2n) is 6.60. The number of benzene rings is 1. The van der Waals surface area contributed by atoms with Crippen LogP contribution in [0.15, 0.2) is 79.3 Å². The molecule has 0 aliphatic rings. The third kappa shape index (κ3) is 3.94. The van der Waals surface area contributed by atoms with Crippen LogP contribution >= 0.6 is 50.6 Å². The summed E-state index contributed by atoms with van der Waals surface area (Å²) in [4.78, 5) is 34.9. The van der Waals surface area contributed by atoms with Gasteiger partial charge in [0.1, 0.15) is 10.3 Å². The molecule has 0 aliphatic heterocycles. The number of fused-ring (bicyclic) bond motifs is 2. The lowest BCUT2D eigenvalue weighted by Crippen LogP contribution is -2.21. The fourth-order valence-corrected chi connectivity index (χ4v) is 5.23. The van der Waals surface area contributed by atoms with Gasteiger partial charge in [-0.1, -0.05) is 39.3 Å². The number of hydrogen-bond acceptors (Lipinski definition) is 6. The van der Waals surface area contributed by atoms with Gasteiger partial charge in [0.05, 0.1) is 21.9 Å². The molecule has 0 radical (unpaired) electrons. The second-order valence-corrected chi connectivity index (χ2v) is 9.81. The molecule has 0 spiro atoms. The average molecular weight is 532 g/mol. The van der Waals surface area contributed by atoms with E-state index in [1.165, 1.54) is 33.6 Å². The van der Waals surface area contributed by atoms with Crippen molar-refractivity contribution < 1.29 is 0 Å². The summed E-state index contributed by atoms with van der Waals surface area (Å²) in [5.74, 6) is 0.382. The van der Waals surface area contributed by atoms with Gasteiger partial charge >= 0.3 is 0 Å². The number of rotatable bonds is 4. The Morgan fingerprint density at radius 3 is 2.68 bits per heavy atom. The topological polar surface area (TPSA) is 69.3 Å². The third-order valence-corrected chi connectivity index (χ3v) is 7.18. The number of halogens is 2. The summed E-state index contributed by atoms with van der Waals surface area (Å²) in [6.07, 6.45) is 1.54. The number of hydrogen-bond donors (Lipinski definition) is 0. The molecule has 0 saturated carbocycles. The molecule has 0 saturated heterocycles. The molecule has 0 aliphatic carbocycles. The van der Waals surface area contributed by atoms with E-state index >= 15 is 0 Å². The summed E-state index contributed by atoms with van der Waals surface area (Å²) in [6.45, 7) is 0. The van der Waals surface area contributed by atoms with Crippen molar-refractivity contribution in [1.29, 1.82) is 0 Å². The van der Waals surface area contributed by atoms with Gasteiger partial charge in [-0.15, -0.1) is 11.3 Å². The van der Waals surface area contributed by atoms with Gasteiger partial charge < -0.3 is 0 Å². The van der Waals surface area contributed by atoms with E-state index in [4.69, 9.17) is 16.6 Å². The Morgan fingerprint density at radius 2 is 1.87 bits per heavy atom. The predicted molar refractivity (Wildman–Crippen MR) is 129 cm³/mol. The molecule has 6 nitrogen and oxygen atoms in total. The number of pyridine rings is 1. The molecule has 0 unspecified atom stereocenters. The first-order valence-corrected chi connectivity index (χ1v) is 12.1. The third-order valence-electron chi connectivity index (χ3n) is 4.56. The van der Waals surface area contributed by atoms with E-state index in [0.717, 1.165) is 10.2 Å². The summed E-state index contributed by atoms with van der Waals surface area (Å²) in [6, 6.07) is 14.2. The van der Waals surface area contributed by atoms with Crippen LogP contribution in [0.4, 0.5) is 0 Å². The van der Waals surface area contributed by atoms with Crippen LogP contribution in [0.2, 0.25) is 5.02 Å². The highest BCUT2D eigenvalue weighted by Crippen LogP contribution is 2.26. The minimum Gasteiger partial charge on any atom is -0.269 e. The zero-order valence-corrected chi connectivity index (χ0v) is 19.6. The molecule has 4 aromatic heterocycles. The number of aromatic nitrogens is 4. The number of thiophene rings is 1. The quantitative estimate of drug-likeness (QED) is 0.237. The maximum absolute atomic E-state index is 13.2. The molecule has 154 valence electrons. The summed E-state index contributed by atoms with van der Waals surface area (Å²) in [5, 5.41) is 2.86. The fourth-order valence-electron chi connectivity index (χ4n) is 3.15. The molecular weight excluding hydrogens is 520 g/mol. The Kier molecular flexibility index (Phi) is 5.43. The Balaban J connectivity index is 1.57. The van der Waals surface area contributed by atoms with Crippen LogP contribution in [0.1, 0.15) is 5.69 Å². The van der Waals surface area contributed by atoms with Gasteiger partial charge in [0.25, 0.3) is 11.1 Å². The monoisotopic (exact) mass is 530 g/mol. The molecule has 0 bridgehead atoms. The second kappa shape index (κ2) is 8.23. The van der Waals surface area contributed by atoms with Gasteiger partial charge in [0.2, 0.25) is 0 Å². The molecule has 0 N–H and O–H groups in total. The van der Waals surface area contributed by atoms with Crippen LogP contribution in [0, 0.1) is 0 Å². The number of thioether (sulfide) groups is 1. The summed E-state index contributed by atoms with van der Waals surface area (Å²) in [5.41, 5.74) is 2.16. The van der Waals surface area contributed by atoms with Crippen LogP contribution in [0.5, 0.6) is 0 Å². The summed E-state index contributed by atoms with van der Waals surface area (Å²) >= 11 is 12.1. The van der Waals surface area contributed by atoms with Crippen LogP contribution in [0.25, 0.3) is 21.6 Å². The minimum atomic E-state index is -0.213. The zero-order chi connectivity index (χ0) is 21.5. The van der Waals surface area contributed by atoms with E-state index in [0.29, 0.717) is 37.5 Å². The summed E-state index contributed by atoms with van der Waals surface area (Å²) in [7, 11) is 0. The Bertz CT molecular complexity index is 1560. The molecule has 5 rings (SSSR count). The first-order chi connectivity index (χ1) is 15.0. The van der Waals surface area contributed by atoms with Crippen LogP contribution in [-0.2, 0) is 5.75 Å².